The quantitative estimate of drug-likeness (QED) is 0.646. The highest BCUT2D eigenvalue weighted by Crippen LogP contribution is 2.27. The Morgan fingerprint density at radius 3 is 3.00 bits per heavy atom. The number of nitrogens with zero attached hydrogens (tertiary/aromatic N) is 1. The molecule has 2 rings (SSSR count). The average Bonchev–Trinajstić information content (AvgIpc) is 2.48. The van der Waals surface area contributed by atoms with Gasteiger partial charge in [0.05, 0.1) is 18.2 Å². The fraction of sp³-hybridized carbons (Fsp3) is 0.222. The predicted molar refractivity (Wildman–Crippen MR) is 45.3 cm³/mol. The third-order valence-corrected chi connectivity index (χ3v) is 1.85. The predicted octanol–water partition coefficient (Wildman–Crippen LogP) is 2.14. The van der Waals surface area contributed by atoms with Gasteiger partial charge in [-0.3, -0.25) is 0 Å². The van der Waals surface area contributed by atoms with Crippen LogP contribution in [0.15, 0.2) is 22.7 Å². The summed E-state index contributed by atoms with van der Waals surface area (Å²) in [6, 6.07) is 5.65. The zero-order chi connectivity index (χ0) is 8.55. The minimum Gasteiger partial charge on any atom is -0.496 e. The van der Waals surface area contributed by atoms with Gasteiger partial charge >= 0.3 is 0 Å². The molecule has 12 heavy (non-hydrogen) atoms. The Morgan fingerprint density at radius 1 is 1.42 bits per heavy atom. The molecule has 1 aromatic carbocycles. The molecular formula is C9H9NO2. The van der Waals surface area contributed by atoms with E-state index in [9.17, 15) is 0 Å². The summed E-state index contributed by atoms with van der Waals surface area (Å²) in [4.78, 5) is 0. The molecule has 0 amide bonds. The van der Waals surface area contributed by atoms with Crippen LogP contribution in [-0.2, 0) is 0 Å². The molecule has 0 spiro atoms. The van der Waals surface area contributed by atoms with Crippen LogP contribution in [0.25, 0.3) is 11.0 Å². The summed E-state index contributed by atoms with van der Waals surface area (Å²) in [5.41, 5.74) is 1.63. The van der Waals surface area contributed by atoms with Crippen molar-refractivity contribution in [3.63, 3.8) is 0 Å². The molecule has 0 saturated heterocycles. The molecular weight excluding hydrogens is 154 g/mol. The van der Waals surface area contributed by atoms with E-state index in [4.69, 9.17) is 9.26 Å². The van der Waals surface area contributed by atoms with E-state index < -0.39 is 0 Å². The van der Waals surface area contributed by atoms with Gasteiger partial charge in [0.15, 0.2) is 5.58 Å². The smallest absolute Gasteiger partial charge is 0.170 e. The maximum Gasteiger partial charge on any atom is 0.170 e. The van der Waals surface area contributed by atoms with E-state index in [0.717, 1.165) is 22.4 Å². The number of rotatable bonds is 1. The van der Waals surface area contributed by atoms with Crippen LogP contribution in [0.3, 0.4) is 0 Å². The number of fused-ring (bicyclic) bond motifs is 1. The maximum absolute atomic E-state index is 5.17. The van der Waals surface area contributed by atoms with E-state index in [2.05, 4.69) is 5.16 Å². The summed E-state index contributed by atoms with van der Waals surface area (Å²) >= 11 is 0. The van der Waals surface area contributed by atoms with Crippen LogP contribution in [0.2, 0.25) is 0 Å². The van der Waals surface area contributed by atoms with E-state index in [1.54, 1.807) is 7.11 Å². The lowest BCUT2D eigenvalue weighted by Gasteiger charge is -1.98. The van der Waals surface area contributed by atoms with Gasteiger partial charge in [0.25, 0.3) is 0 Å². The lowest BCUT2D eigenvalue weighted by atomic mass is 10.2. The van der Waals surface area contributed by atoms with Crippen LogP contribution in [0, 0.1) is 6.92 Å². The van der Waals surface area contributed by atoms with E-state index in [1.807, 2.05) is 25.1 Å². The SMILES string of the molecule is COc1cccc2onc(C)c12. The Hall–Kier alpha value is -1.51. The molecule has 0 fully saturated rings. The van der Waals surface area contributed by atoms with Crippen LogP contribution in [0.5, 0.6) is 5.75 Å². The molecule has 0 N–H and O–H groups in total. The maximum atomic E-state index is 5.17. The fourth-order valence-electron chi connectivity index (χ4n) is 1.28. The molecule has 0 bridgehead atoms. The fourth-order valence-corrected chi connectivity index (χ4v) is 1.28. The van der Waals surface area contributed by atoms with Gasteiger partial charge in [-0.2, -0.15) is 0 Å². The van der Waals surface area contributed by atoms with E-state index in [-0.39, 0.29) is 0 Å². The topological polar surface area (TPSA) is 35.3 Å². The largest absolute Gasteiger partial charge is 0.496 e. The molecule has 0 atom stereocenters. The second kappa shape index (κ2) is 2.52. The minimum atomic E-state index is 0.770. The summed E-state index contributed by atoms with van der Waals surface area (Å²) in [6.45, 7) is 1.90. The molecule has 62 valence electrons. The lowest BCUT2D eigenvalue weighted by Crippen LogP contribution is -1.83. The van der Waals surface area contributed by atoms with Crippen molar-refractivity contribution in [3.05, 3.63) is 23.9 Å². The Bertz CT molecular complexity index is 406. The van der Waals surface area contributed by atoms with Crippen LogP contribution in [0.4, 0.5) is 0 Å². The first kappa shape index (κ1) is 7.16. The standard InChI is InChI=1S/C9H9NO2/c1-6-9-7(11-2)4-3-5-8(9)12-10-6/h3-5H,1-2H3. The Balaban J connectivity index is 2.84. The first-order valence-corrected chi connectivity index (χ1v) is 3.72. The third kappa shape index (κ3) is 0.863. The van der Waals surface area contributed by atoms with Gasteiger partial charge in [-0.25, -0.2) is 0 Å². The second-order valence-corrected chi connectivity index (χ2v) is 2.60. The summed E-state index contributed by atoms with van der Waals surface area (Å²) in [5, 5.41) is 4.81. The Morgan fingerprint density at radius 2 is 2.25 bits per heavy atom. The summed E-state index contributed by atoms with van der Waals surface area (Å²) in [7, 11) is 1.64. The molecule has 1 heterocycles. The number of methoxy groups -OCH3 is 1. The van der Waals surface area contributed by atoms with Crippen molar-refractivity contribution in [2.75, 3.05) is 7.11 Å². The second-order valence-electron chi connectivity index (χ2n) is 2.60. The van der Waals surface area contributed by atoms with Crippen LogP contribution >= 0.6 is 0 Å². The number of benzene rings is 1. The van der Waals surface area contributed by atoms with Gasteiger partial charge in [0, 0.05) is 0 Å². The molecule has 0 aliphatic carbocycles. The summed E-state index contributed by atoms with van der Waals surface area (Å²) in [6.07, 6.45) is 0. The van der Waals surface area contributed by atoms with Gasteiger partial charge in [0.2, 0.25) is 0 Å². The average molecular weight is 163 g/mol. The number of hydrogen-bond donors (Lipinski definition) is 0. The van der Waals surface area contributed by atoms with Crippen LogP contribution < -0.4 is 4.74 Å². The Labute approximate surface area is 69.9 Å². The van der Waals surface area contributed by atoms with Crippen molar-refractivity contribution < 1.29 is 9.26 Å². The summed E-state index contributed by atoms with van der Waals surface area (Å²) < 4.78 is 10.2. The number of hydrogen-bond acceptors (Lipinski definition) is 3. The number of aryl methyl sites for hydroxylation is 1. The third-order valence-electron chi connectivity index (χ3n) is 1.85. The highest BCUT2D eigenvalue weighted by atomic mass is 16.5. The van der Waals surface area contributed by atoms with Crippen molar-refractivity contribution in [2.45, 2.75) is 6.92 Å². The normalized spacial score (nSPS) is 10.5. The van der Waals surface area contributed by atoms with Gasteiger partial charge in [-0.1, -0.05) is 11.2 Å². The highest BCUT2D eigenvalue weighted by molar-refractivity contribution is 5.85. The molecule has 2 aromatic rings. The first-order valence-electron chi connectivity index (χ1n) is 3.72. The lowest BCUT2D eigenvalue weighted by molar-refractivity contribution is 0.419. The van der Waals surface area contributed by atoms with E-state index in [1.165, 1.54) is 0 Å². The van der Waals surface area contributed by atoms with Crippen molar-refractivity contribution in [1.82, 2.24) is 5.16 Å². The van der Waals surface area contributed by atoms with Crippen molar-refractivity contribution in [1.29, 1.82) is 0 Å². The van der Waals surface area contributed by atoms with E-state index >= 15 is 0 Å². The molecule has 0 unspecified atom stereocenters. The van der Waals surface area contributed by atoms with Crippen molar-refractivity contribution in [2.24, 2.45) is 0 Å². The van der Waals surface area contributed by atoms with Crippen LogP contribution in [-0.4, -0.2) is 12.3 Å². The zero-order valence-corrected chi connectivity index (χ0v) is 7.00. The minimum absolute atomic E-state index is 0.770. The number of ether oxygens (including phenoxy) is 1. The molecule has 3 heteroatoms. The van der Waals surface area contributed by atoms with Gasteiger partial charge in [0.1, 0.15) is 5.75 Å². The first-order chi connectivity index (χ1) is 5.83. The molecule has 3 nitrogen and oxygen atoms in total. The van der Waals surface area contributed by atoms with Gasteiger partial charge < -0.3 is 9.26 Å². The monoisotopic (exact) mass is 163 g/mol. The molecule has 0 aliphatic rings. The molecule has 0 radical (unpaired) electrons. The highest BCUT2D eigenvalue weighted by Gasteiger charge is 2.08. The molecule has 0 saturated carbocycles. The van der Waals surface area contributed by atoms with Gasteiger partial charge in [-0.05, 0) is 19.1 Å². The zero-order valence-electron chi connectivity index (χ0n) is 7.00. The van der Waals surface area contributed by atoms with Crippen molar-refractivity contribution >= 4 is 11.0 Å². The van der Waals surface area contributed by atoms with E-state index in [0.29, 0.717) is 0 Å². The van der Waals surface area contributed by atoms with Crippen molar-refractivity contribution in [3.8, 4) is 5.75 Å². The van der Waals surface area contributed by atoms with Gasteiger partial charge in [-0.15, -0.1) is 0 Å². The van der Waals surface area contributed by atoms with Crippen LogP contribution in [0.1, 0.15) is 5.69 Å². The molecule has 0 aliphatic heterocycles. The number of aromatic nitrogens is 1. The molecule has 1 aromatic heterocycles. The Kier molecular flexibility index (Phi) is 1.50. The summed E-state index contributed by atoms with van der Waals surface area (Å²) in [5.74, 6) is 0.811.